The van der Waals surface area contributed by atoms with Crippen molar-refractivity contribution in [3.05, 3.63) is 34.2 Å². The first-order chi connectivity index (χ1) is 10.1. The number of likely N-dealkylation sites (tertiary alicyclic amines) is 1. The summed E-state index contributed by atoms with van der Waals surface area (Å²) in [5, 5.41) is 11.5. The van der Waals surface area contributed by atoms with Crippen LogP contribution in [0.25, 0.3) is 0 Å². The zero-order valence-corrected chi connectivity index (χ0v) is 11.7. The number of carbonyl (C=O) groups excluding carboxylic acids is 1. The predicted octanol–water partition coefficient (Wildman–Crippen LogP) is -0.0987. The maximum atomic E-state index is 12.3. The molecular formula is C14H19N3O4. The molecule has 0 bridgehead atoms. The van der Waals surface area contributed by atoms with Gasteiger partial charge in [-0.05, 0) is 24.8 Å². The number of pyridine rings is 1. The van der Waals surface area contributed by atoms with Gasteiger partial charge in [0, 0.05) is 25.7 Å². The van der Waals surface area contributed by atoms with Gasteiger partial charge in [-0.3, -0.25) is 14.4 Å². The van der Waals surface area contributed by atoms with Crippen LogP contribution in [0.3, 0.4) is 0 Å². The summed E-state index contributed by atoms with van der Waals surface area (Å²) in [5.74, 6) is -0.839. The molecule has 1 aromatic rings. The molecule has 0 spiro atoms. The number of piperidine rings is 1. The average Bonchev–Trinajstić information content (AvgIpc) is 2.46. The summed E-state index contributed by atoms with van der Waals surface area (Å²) in [7, 11) is 0. The van der Waals surface area contributed by atoms with E-state index >= 15 is 0 Å². The highest BCUT2D eigenvalue weighted by atomic mass is 16.4. The van der Waals surface area contributed by atoms with E-state index in [1.54, 1.807) is 17.0 Å². The molecule has 7 nitrogen and oxygen atoms in total. The molecule has 114 valence electrons. The minimum atomic E-state index is -0.888. The zero-order valence-electron chi connectivity index (χ0n) is 11.7. The molecule has 1 unspecified atom stereocenters. The van der Waals surface area contributed by atoms with Crippen molar-refractivity contribution in [1.82, 2.24) is 15.2 Å². The van der Waals surface area contributed by atoms with Gasteiger partial charge < -0.3 is 20.3 Å². The Morgan fingerprint density at radius 2 is 2.24 bits per heavy atom. The van der Waals surface area contributed by atoms with Crippen LogP contribution >= 0.6 is 0 Å². The molecule has 0 aromatic carbocycles. The van der Waals surface area contributed by atoms with Crippen molar-refractivity contribution in [3.63, 3.8) is 0 Å². The van der Waals surface area contributed by atoms with Crippen molar-refractivity contribution in [2.75, 3.05) is 26.2 Å². The zero-order chi connectivity index (χ0) is 15.2. The Morgan fingerprint density at radius 3 is 2.95 bits per heavy atom. The first-order valence-corrected chi connectivity index (χ1v) is 6.97. The maximum Gasteiger partial charge on any atom is 0.317 e. The fourth-order valence-corrected chi connectivity index (χ4v) is 2.54. The van der Waals surface area contributed by atoms with E-state index in [2.05, 4.69) is 10.3 Å². The molecule has 1 aliphatic rings. The number of nitrogens with zero attached hydrogens (tertiary/aromatic N) is 1. The number of nitrogens with one attached hydrogen (secondary N) is 2. The van der Waals surface area contributed by atoms with E-state index in [-0.39, 0.29) is 23.9 Å². The quantitative estimate of drug-likeness (QED) is 0.703. The minimum absolute atomic E-state index is 0.0730. The number of amides is 1. The first kappa shape index (κ1) is 15.2. The Morgan fingerprint density at radius 1 is 1.43 bits per heavy atom. The summed E-state index contributed by atoms with van der Waals surface area (Å²) in [6, 6.07) is 4.52. The number of rotatable bonds is 5. The number of carbonyl (C=O) groups is 2. The van der Waals surface area contributed by atoms with Gasteiger partial charge in [0.25, 0.3) is 5.91 Å². The van der Waals surface area contributed by atoms with E-state index in [1.165, 1.54) is 6.07 Å². The van der Waals surface area contributed by atoms with Crippen LogP contribution in [0.1, 0.15) is 23.3 Å². The molecule has 7 heteroatoms. The van der Waals surface area contributed by atoms with Gasteiger partial charge >= 0.3 is 5.97 Å². The van der Waals surface area contributed by atoms with E-state index < -0.39 is 5.97 Å². The number of carboxylic acid groups (broad SMARTS) is 1. The van der Waals surface area contributed by atoms with E-state index in [4.69, 9.17) is 5.11 Å². The lowest BCUT2D eigenvalue weighted by Crippen LogP contribution is -2.43. The fourth-order valence-electron chi connectivity index (χ4n) is 2.54. The highest BCUT2D eigenvalue weighted by Gasteiger charge is 2.24. The standard InChI is InChI=1S/C14H19N3O4/c18-12-5-1-4-11(16-12)14(21)17-6-2-3-10(9-17)7-15-8-13(19)20/h1,4-5,10,15H,2-3,6-9H2,(H,16,18)(H,19,20). The number of hydrogen-bond donors (Lipinski definition) is 3. The van der Waals surface area contributed by atoms with Crippen LogP contribution < -0.4 is 10.9 Å². The molecule has 2 rings (SSSR count). The lowest BCUT2D eigenvalue weighted by atomic mass is 9.97. The topological polar surface area (TPSA) is 102 Å². The van der Waals surface area contributed by atoms with Crippen molar-refractivity contribution in [3.8, 4) is 0 Å². The molecular weight excluding hydrogens is 274 g/mol. The smallest absolute Gasteiger partial charge is 0.317 e. The summed E-state index contributed by atoms with van der Waals surface area (Å²) in [6.45, 7) is 1.73. The number of H-pyrrole nitrogens is 1. The van der Waals surface area contributed by atoms with E-state index in [9.17, 15) is 14.4 Å². The average molecular weight is 293 g/mol. The summed E-state index contributed by atoms with van der Waals surface area (Å²) < 4.78 is 0. The lowest BCUT2D eigenvalue weighted by molar-refractivity contribution is -0.136. The van der Waals surface area contributed by atoms with Crippen LogP contribution in [-0.2, 0) is 4.79 Å². The number of aliphatic carboxylic acids is 1. The van der Waals surface area contributed by atoms with Gasteiger partial charge in [-0.1, -0.05) is 6.07 Å². The van der Waals surface area contributed by atoms with Crippen molar-refractivity contribution in [2.45, 2.75) is 12.8 Å². The van der Waals surface area contributed by atoms with Crippen LogP contribution in [0, 0.1) is 5.92 Å². The normalized spacial score (nSPS) is 18.5. The van der Waals surface area contributed by atoms with Gasteiger partial charge in [0.2, 0.25) is 5.56 Å². The molecule has 1 saturated heterocycles. The van der Waals surface area contributed by atoms with Crippen molar-refractivity contribution in [1.29, 1.82) is 0 Å². The molecule has 1 aliphatic heterocycles. The minimum Gasteiger partial charge on any atom is -0.480 e. The van der Waals surface area contributed by atoms with Crippen LogP contribution in [0.2, 0.25) is 0 Å². The van der Waals surface area contributed by atoms with E-state index in [0.29, 0.717) is 25.3 Å². The molecule has 0 aliphatic carbocycles. The highest BCUT2D eigenvalue weighted by molar-refractivity contribution is 5.92. The lowest BCUT2D eigenvalue weighted by Gasteiger charge is -2.32. The van der Waals surface area contributed by atoms with Gasteiger partial charge in [0.05, 0.1) is 6.54 Å². The number of carboxylic acids is 1. The van der Waals surface area contributed by atoms with Crippen molar-refractivity contribution in [2.24, 2.45) is 5.92 Å². The summed E-state index contributed by atoms with van der Waals surface area (Å²) in [5.41, 5.74) is -0.000760. The molecule has 1 amide bonds. The molecule has 21 heavy (non-hydrogen) atoms. The Labute approximate surface area is 122 Å². The monoisotopic (exact) mass is 293 g/mol. The van der Waals surface area contributed by atoms with Crippen LogP contribution in [-0.4, -0.2) is 53.0 Å². The Bertz CT molecular complexity index is 569. The van der Waals surface area contributed by atoms with Gasteiger partial charge in [-0.25, -0.2) is 0 Å². The third-order valence-corrected chi connectivity index (χ3v) is 3.51. The second-order valence-electron chi connectivity index (χ2n) is 5.21. The Balaban J connectivity index is 1.92. The molecule has 0 saturated carbocycles. The van der Waals surface area contributed by atoms with E-state index in [1.807, 2.05) is 0 Å². The SMILES string of the molecule is O=C(O)CNCC1CCCN(C(=O)c2cccc(=O)[nH]2)C1. The Kier molecular flexibility index (Phi) is 5.10. The molecule has 3 N–H and O–H groups in total. The van der Waals surface area contributed by atoms with Crippen LogP contribution in [0.15, 0.2) is 23.0 Å². The highest BCUT2D eigenvalue weighted by Crippen LogP contribution is 2.17. The molecule has 1 fully saturated rings. The van der Waals surface area contributed by atoms with Gasteiger partial charge in [0.1, 0.15) is 5.69 Å². The van der Waals surface area contributed by atoms with Crippen molar-refractivity contribution >= 4 is 11.9 Å². The summed E-state index contributed by atoms with van der Waals surface area (Å²) in [6.07, 6.45) is 1.84. The van der Waals surface area contributed by atoms with Crippen LogP contribution in [0.4, 0.5) is 0 Å². The van der Waals surface area contributed by atoms with Crippen LogP contribution in [0.5, 0.6) is 0 Å². The largest absolute Gasteiger partial charge is 0.480 e. The molecule has 1 atom stereocenters. The number of aromatic nitrogens is 1. The number of aromatic amines is 1. The summed E-state index contributed by atoms with van der Waals surface area (Å²) >= 11 is 0. The van der Waals surface area contributed by atoms with Gasteiger partial charge in [-0.15, -0.1) is 0 Å². The Hall–Kier alpha value is -2.15. The molecule has 2 heterocycles. The van der Waals surface area contributed by atoms with Gasteiger partial charge in [0.15, 0.2) is 0 Å². The third-order valence-electron chi connectivity index (χ3n) is 3.51. The second-order valence-corrected chi connectivity index (χ2v) is 5.21. The first-order valence-electron chi connectivity index (χ1n) is 6.97. The second kappa shape index (κ2) is 7.03. The molecule has 0 radical (unpaired) electrons. The van der Waals surface area contributed by atoms with Crippen molar-refractivity contribution < 1.29 is 14.7 Å². The fraction of sp³-hybridized carbons (Fsp3) is 0.500. The number of hydrogen-bond acceptors (Lipinski definition) is 4. The predicted molar refractivity (Wildman–Crippen MR) is 76.2 cm³/mol. The third kappa shape index (κ3) is 4.42. The van der Waals surface area contributed by atoms with E-state index in [0.717, 1.165) is 12.8 Å². The maximum absolute atomic E-state index is 12.3. The summed E-state index contributed by atoms with van der Waals surface area (Å²) in [4.78, 5) is 38.3. The molecule has 1 aromatic heterocycles. The van der Waals surface area contributed by atoms with Gasteiger partial charge in [-0.2, -0.15) is 0 Å².